The summed E-state index contributed by atoms with van der Waals surface area (Å²) in [6, 6.07) is 8.43. The Labute approximate surface area is 116 Å². The number of primary sulfonamides is 1. The number of nitrogens with one attached hydrogen (secondary N) is 1. The monoisotopic (exact) mass is 298 g/mol. The van der Waals surface area contributed by atoms with Crippen molar-refractivity contribution in [2.45, 2.75) is 11.4 Å². The Balaban J connectivity index is 2.26. The second-order valence-corrected chi connectivity index (χ2v) is 6.43. The van der Waals surface area contributed by atoms with E-state index < -0.39 is 10.0 Å². The third kappa shape index (κ3) is 3.46. The van der Waals surface area contributed by atoms with Crippen molar-refractivity contribution in [2.75, 3.05) is 12.4 Å². The zero-order valence-corrected chi connectivity index (χ0v) is 11.9. The molecule has 0 bridgehead atoms. The van der Waals surface area contributed by atoms with Gasteiger partial charge >= 0.3 is 0 Å². The van der Waals surface area contributed by atoms with Gasteiger partial charge in [-0.15, -0.1) is 11.3 Å². The Morgan fingerprint density at radius 1 is 1.37 bits per heavy atom. The van der Waals surface area contributed by atoms with Crippen molar-refractivity contribution < 1.29 is 13.2 Å². The van der Waals surface area contributed by atoms with E-state index in [0.717, 1.165) is 4.88 Å². The molecule has 0 aliphatic carbocycles. The molecule has 2 aromatic rings. The van der Waals surface area contributed by atoms with Crippen LogP contribution in [-0.2, 0) is 16.6 Å². The van der Waals surface area contributed by atoms with Crippen LogP contribution in [0.5, 0.6) is 5.75 Å². The van der Waals surface area contributed by atoms with Crippen LogP contribution in [0.3, 0.4) is 0 Å². The summed E-state index contributed by atoms with van der Waals surface area (Å²) in [5.41, 5.74) is 0.599. The van der Waals surface area contributed by atoms with E-state index >= 15 is 0 Å². The molecule has 0 spiro atoms. The molecule has 0 aliphatic heterocycles. The van der Waals surface area contributed by atoms with Gasteiger partial charge in [0.15, 0.2) is 0 Å². The van der Waals surface area contributed by atoms with E-state index in [1.54, 1.807) is 17.4 Å². The summed E-state index contributed by atoms with van der Waals surface area (Å²) in [5.74, 6) is 0.573. The lowest BCUT2D eigenvalue weighted by Gasteiger charge is -2.11. The Hall–Kier alpha value is -1.57. The molecule has 0 amide bonds. The van der Waals surface area contributed by atoms with Gasteiger partial charge in [-0.25, -0.2) is 13.6 Å². The first kappa shape index (κ1) is 13.9. The highest BCUT2D eigenvalue weighted by molar-refractivity contribution is 7.89. The van der Waals surface area contributed by atoms with Gasteiger partial charge in [0.25, 0.3) is 0 Å². The molecule has 5 nitrogen and oxygen atoms in total. The molecule has 1 aromatic heterocycles. The van der Waals surface area contributed by atoms with Crippen molar-refractivity contribution in [3.05, 3.63) is 40.6 Å². The maximum atomic E-state index is 11.3. The summed E-state index contributed by atoms with van der Waals surface area (Å²) < 4.78 is 27.8. The number of nitrogens with two attached hydrogens (primary N) is 1. The van der Waals surface area contributed by atoms with E-state index in [0.29, 0.717) is 18.0 Å². The van der Waals surface area contributed by atoms with E-state index in [1.165, 1.54) is 19.2 Å². The number of sulfonamides is 1. The predicted molar refractivity (Wildman–Crippen MR) is 76.0 cm³/mol. The van der Waals surface area contributed by atoms with Gasteiger partial charge in [-0.05, 0) is 29.6 Å². The van der Waals surface area contributed by atoms with Crippen LogP contribution in [0.4, 0.5) is 5.69 Å². The quantitative estimate of drug-likeness (QED) is 0.885. The summed E-state index contributed by atoms with van der Waals surface area (Å²) in [6.07, 6.45) is 0. The van der Waals surface area contributed by atoms with Gasteiger partial charge < -0.3 is 10.1 Å². The molecule has 0 saturated heterocycles. The molecule has 0 aliphatic rings. The third-order valence-electron chi connectivity index (χ3n) is 2.53. The molecule has 2 rings (SSSR count). The lowest BCUT2D eigenvalue weighted by atomic mass is 10.3. The van der Waals surface area contributed by atoms with Gasteiger partial charge in [0.1, 0.15) is 5.75 Å². The fourth-order valence-electron chi connectivity index (χ4n) is 1.60. The Bertz CT molecular complexity index is 652. The highest BCUT2D eigenvalue weighted by atomic mass is 32.2. The molecule has 102 valence electrons. The van der Waals surface area contributed by atoms with Crippen LogP contribution in [-0.4, -0.2) is 15.5 Å². The van der Waals surface area contributed by atoms with Crippen molar-refractivity contribution in [3.63, 3.8) is 0 Å². The fourth-order valence-corrected chi connectivity index (χ4v) is 2.78. The van der Waals surface area contributed by atoms with Crippen LogP contribution in [0, 0.1) is 0 Å². The molecular formula is C12H14N2O3S2. The first-order valence-electron chi connectivity index (χ1n) is 5.48. The van der Waals surface area contributed by atoms with E-state index in [-0.39, 0.29) is 4.90 Å². The van der Waals surface area contributed by atoms with Gasteiger partial charge in [0, 0.05) is 11.4 Å². The number of rotatable bonds is 5. The average Bonchev–Trinajstić information content (AvgIpc) is 2.88. The molecule has 0 unspecified atom stereocenters. The van der Waals surface area contributed by atoms with Crippen LogP contribution < -0.4 is 15.2 Å². The molecule has 7 heteroatoms. The summed E-state index contributed by atoms with van der Waals surface area (Å²) in [6.45, 7) is 0.599. The first-order valence-corrected chi connectivity index (χ1v) is 7.90. The smallest absolute Gasteiger partial charge is 0.238 e. The van der Waals surface area contributed by atoms with Gasteiger partial charge in [-0.1, -0.05) is 6.07 Å². The molecule has 0 atom stereocenters. The standard InChI is InChI=1S/C12H14N2O3S2/c1-17-12-5-4-10(19(13,15)16)7-11(12)14-8-9-3-2-6-18-9/h2-7,14H,8H2,1H3,(H2,13,15,16). The normalized spacial score (nSPS) is 11.3. The van der Waals surface area contributed by atoms with Crippen LogP contribution >= 0.6 is 11.3 Å². The highest BCUT2D eigenvalue weighted by Gasteiger charge is 2.11. The number of hydrogen-bond acceptors (Lipinski definition) is 5. The van der Waals surface area contributed by atoms with Crippen molar-refractivity contribution in [1.82, 2.24) is 0 Å². The summed E-state index contributed by atoms with van der Waals surface area (Å²) in [7, 11) is -2.19. The second kappa shape index (κ2) is 5.60. The zero-order valence-electron chi connectivity index (χ0n) is 10.3. The molecular weight excluding hydrogens is 284 g/mol. The minimum Gasteiger partial charge on any atom is -0.495 e. The average molecular weight is 298 g/mol. The number of thiophene rings is 1. The Kier molecular flexibility index (Phi) is 4.08. The summed E-state index contributed by atoms with van der Waals surface area (Å²) in [4.78, 5) is 1.20. The predicted octanol–water partition coefficient (Wildman–Crippen LogP) is 2.02. The van der Waals surface area contributed by atoms with Crippen molar-refractivity contribution in [3.8, 4) is 5.75 Å². The molecule has 3 N–H and O–H groups in total. The van der Waals surface area contributed by atoms with Gasteiger partial charge in [0.05, 0.1) is 17.7 Å². The lowest BCUT2D eigenvalue weighted by Crippen LogP contribution is -2.12. The highest BCUT2D eigenvalue weighted by Crippen LogP contribution is 2.27. The largest absolute Gasteiger partial charge is 0.495 e. The maximum absolute atomic E-state index is 11.3. The van der Waals surface area contributed by atoms with E-state index in [2.05, 4.69) is 5.32 Å². The van der Waals surface area contributed by atoms with Crippen LogP contribution in [0.25, 0.3) is 0 Å². The minimum absolute atomic E-state index is 0.0574. The Morgan fingerprint density at radius 2 is 2.16 bits per heavy atom. The maximum Gasteiger partial charge on any atom is 0.238 e. The van der Waals surface area contributed by atoms with E-state index in [9.17, 15) is 8.42 Å². The summed E-state index contributed by atoms with van der Waals surface area (Å²) in [5, 5.41) is 10.2. The third-order valence-corrected chi connectivity index (χ3v) is 4.32. The minimum atomic E-state index is -3.72. The van der Waals surface area contributed by atoms with E-state index in [1.807, 2.05) is 17.5 Å². The lowest BCUT2D eigenvalue weighted by molar-refractivity contribution is 0.416. The first-order chi connectivity index (χ1) is 9.00. The van der Waals surface area contributed by atoms with E-state index in [4.69, 9.17) is 9.88 Å². The topological polar surface area (TPSA) is 81.4 Å². The molecule has 1 aromatic carbocycles. The van der Waals surface area contributed by atoms with Crippen LogP contribution in [0.1, 0.15) is 4.88 Å². The number of ether oxygens (including phenoxy) is 1. The van der Waals surface area contributed by atoms with Crippen LogP contribution in [0.2, 0.25) is 0 Å². The number of benzene rings is 1. The van der Waals surface area contributed by atoms with Crippen molar-refractivity contribution >= 4 is 27.0 Å². The number of hydrogen-bond donors (Lipinski definition) is 2. The van der Waals surface area contributed by atoms with Gasteiger partial charge in [-0.3, -0.25) is 0 Å². The SMILES string of the molecule is COc1ccc(S(N)(=O)=O)cc1NCc1cccs1. The number of anilines is 1. The second-order valence-electron chi connectivity index (χ2n) is 3.84. The van der Waals surface area contributed by atoms with Crippen LogP contribution in [0.15, 0.2) is 40.6 Å². The van der Waals surface area contributed by atoms with Crippen molar-refractivity contribution in [1.29, 1.82) is 0 Å². The fraction of sp³-hybridized carbons (Fsp3) is 0.167. The molecule has 0 radical (unpaired) electrons. The molecule has 1 heterocycles. The zero-order chi connectivity index (χ0) is 13.9. The Morgan fingerprint density at radius 3 is 2.74 bits per heavy atom. The van der Waals surface area contributed by atoms with Gasteiger partial charge in [-0.2, -0.15) is 0 Å². The summed E-state index contributed by atoms with van der Waals surface area (Å²) >= 11 is 1.62. The van der Waals surface area contributed by atoms with Crippen molar-refractivity contribution in [2.24, 2.45) is 5.14 Å². The molecule has 19 heavy (non-hydrogen) atoms. The molecule has 0 fully saturated rings. The molecule has 0 saturated carbocycles. The van der Waals surface area contributed by atoms with Gasteiger partial charge in [0.2, 0.25) is 10.0 Å². The number of methoxy groups -OCH3 is 1.